The molecule has 0 N–H and O–H groups in total. The molecule has 15 heavy (non-hydrogen) atoms. The van der Waals surface area contributed by atoms with Gasteiger partial charge in [0, 0.05) is 0 Å². The fraction of sp³-hybridized carbons (Fsp3) is 0.900. The monoisotopic (exact) mass is 226 g/mol. The molecule has 0 unspecified atom stereocenters. The van der Waals surface area contributed by atoms with Gasteiger partial charge >= 0.3 is 12.1 Å². The first-order chi connectivity index (χ1) is 6.33. The Labute approximate surface area is 87.8 Å². The number of carbonyl (C=O) groups excluding carboxylic acids is 1. The standard InChI is InChI=1S/C10H17F3O2/c1-8(2,3)6-9(4,5)15-7(14)10(11,12)13/h6H2,1-5H3. The van der Waals surface area contributed by atoms with Gasteiger partial charge in [-0.3, -0.25) is 0 Å². The van der Waals surface area contributed by atoms with E-state index in [0.717, 1.165) is 0 Å². The van der Waals surface area contributed by atoms with Crippen LogP contribution >= 0.6 is 0 Å². The molecule has 0 aromatic carbocycles. The van der Waals surface area contributed by atoms with E-state index >= 15 is 0 Å². The molecule has 0 bridgehead atoms. The smallest absolute Gasteiger partial charge is 0.453 e. The summed E-state index contributed by atoms with van der Waals surface area (Å²) in [5.41, 5.74) is -1.31. The second-order valence-electron chi connectivity index (χ2n) is 5.38. The number of ether oxygens (including phenoxy) is 1. The molecular formula is C10H17F3O2. The van der Waals surface area contributed by atoms with Crippen LogP contribution in [0.5, 0.6) is 0 Å². The maximum absolute atomic E-state index is 11.9. The first-order valence-electron chi connectivity index (χ1n) is 4.64. The number of halogens is 3. The zero-order valence-electron chi connectivity index (χ0n) is 9.66. The van der Waals surface area contributed by atoms with E-state index in [0.29, 0.717) is 6.42 Å². The van der Waals surface area contributed by atoms with Gasteiger partial charge in [0.1, 0.15) is 5.60 Å². The number of carbonyl (C=O) groups is 1. The van der Waals surface area contributed by atoms with Crippen LogP contribution in [0.2, 0.25) is 0 Å². The molecule has 0 heterocycles. The van der Waals surface area contributed by atoms with Crippen LogP contribution in [-0.4, -0.2) is 17.7 Å². The third kappa shape index (κ3) is 6.36. The molecule has 0 aromatic rings. The summed E-state index contributed by atoms with van der Waals surface area (Å²) < 4.78 is 40.2. The van der Waals surface area contributed by atoms with E-state index in [1.54, 1.807) is 0 Å². The average Bonchev–Trinajstić information content (AvgIpc) is 1.76. The van der Waals surface area contributed by atoms with Crippen molar-refractivity contribution < 1.29 is 22.7 Å². The van der Waals surface area contributed by atoms with Gasteiger partial charge in [0.05, 0.1) is 0 Å². The molecule has 0 fully saturated rings. The molecule has 90 valence electrons. The molecule has 0 atom stereocenters. The van der Waals surface area contributed by atoms with Gasteiger partial charge in [-0.25, -0.2) is 4.79 Å². The second kappa shape index (κ2) is 4.02. The average molecular weight is 226 g/mol. The molecular weight excluding hydrogens is 209 g/mol. The Hall–Kier alpha value is -0.740. The Morgan fingerprint density at radius 2 is 1.47 bits per heavy atom. The minimum Gasteiger partial charge on any atom is -0.453 e. The molecule has 0 radical (unpaired) electrons. The highest BCUT2D eigenvalue weighted by molar-refractivity contribution is 5.76. The van der Waals surface area contributed by atoms with E-state index in [4.69, 9.17) is 0 Å². The Morgan fingerprint density at radius 3 is 1.73 bits per heavy atom. The van der Waals surface area contributed by atoms with Crippen LogP contribution in [0.15, 0.2) is 0 Å². The summed E-state index contributed by atoms with van der Waals surface area (Å²) in [5, 5.41) is 0. The van der Waals surface area contributed by atoms with E-state index in [1.165, 1.54) is 13.8 Å². The number of hydrogen-bond donors (Lipinski definition) is 0. The van der Waals surface area contributed by atoms with Gasteiger partial charge < -0.3 is 4.74 Å². The molecule has 0 aliphatic carbocycles. The van der Waals surface area contributed by atoms with Crippen molar-refractivity contribution in [1.82, 2.24) is 0 Å². The fourth-order valence-electron chi connectivity index (χ4n) is 1.62. The highest BCUT2D eigenvalue weighted by Crippen LogP contribution is 2.31. The van der Waals surface area contributed by atoms with Crippen LogP contribution in [0, 0.1) is 5.41 Å². The van der Waals surface area contributed by atoms with E-state index in [9.17, 15) is 18.0 Å². The SMILES string of the molecule is CC(C)(C)CC(C)(C)OC(=O)C(F)(F)F. The predicted octanol–water partition coefficient (Wildman–Crippen LogP) is 3.31. The van der Waals surface area contributed by atoms with Gasteiger partial charge in [-0.05, 0) is 25.7 Å². The van der Waals surface area contributed by atoms with Crippen molar-refractivity contribution in [2.75, 3.05) is 0 Å². The minimum atomic E-state index is -4.92. The van der Waals surface area contributed by atoms with Crippen LogP contribution in [-0.2, 0) is 9.53 Å². The van der Waals surface area contributed by atoms with Crippen molar-refractivity contribution in [1.29, 1.82) is 0 Å². The number of esters is 1. The van der Waals surface area contributed by atoms with Gasteiger partial charge in [0.25, 0.3) is 0 Å². The van der Waals surface area contributed by atoms with Crippen molar-refractivity contribution in [3.63, 3.8) is 0 Å². The molecule has 0 rings (SSSR count). The van der Waals surface area contributed by atoms with E-state index in [-0.39, 0.29) is 5.41 Å². The van der Waals surface area contributed by atoms with Gasteiger partial charge in [-0.2, -0.15) is 13.2 Å². The lowest BCUT2D eigenvalue weighted by atomic mass is 9.84. The Balaban J connectivity index is 4.46. The summed E-state index contributed by atoms with van der Waals surface area (Å²) in [6, 6.07) is 0. The van der Waals surface area contributed by atoms with Crippen molar-refractivity contribution in [3.05, 3.63) is 0 Å². The minimum absolute atomic E-state index is 0.199. The van der Waals surface area contributed by atoms with Gasteiger partial charge in [0.2, 0.25) is 0 Å². The summed E-state index contributed by atoms with van der Waals surface area (Å²) >= 11 is 0. The molecule has 0 aliphatic rings. The van der Waals surface area contributed by atoms with Gasteiger partial charge in [-0.1, -0.05) is 20.8 Å². The third-order valence-corrected chi connectivity index (χ3v) is 1.56. The second-order valence-corrected chi connectivity index (χ2v) is 5.38. The number of rotatable bonds is 2. The van der Waals surface area contributed by atoms with Crippen molar-refractivity contribution in [2.24, 2.45) is 5.41 Å². The quantitative estimate of drug-likeness (QED) is 0.675. The summed E-state index contributed by atoms with van der Waals surface area (Å²) in [6.07, 6.45) is -4.56. The fourth-order valence-corrected chi connectivity index (χ4v) is 1.62. The molecule has 0 saturated carbocycles. The molecule has 2 nitrogen and oxygen atoms in total. The molecule has 0 spiro atoms. The Kier molecular flexibility index (Phi) is 3.82. The van der Waals surface area contributed by atoms with Crippen LogP contribution in [0.25, 0.3) is 0 Å². The molecule has 0 amide bonds. The zero-order chi connectivity index (χ0) is 12.5. The highest BCUT2D eigenvalue weighted by Gasteiger charge is 2.44. The van der Waals surface area contributed by atoms with Crippen molar-refractivity contribution in [3.8, 4) is 0 Å². The molecule has 0 saturated heterocycles. The maximum atomic E-state index is 11.9. The first kappa shape index (κ1) is 14.3. The molecule has 0 aromatic heterocycles. The largest absolute Gasteiger partial charge is 0.490 e. The lowest BCUT2D eigenvalue weighted by Gasteiger charge is -2.32. The van der Waals surface area contributed by atoms with Crippen LogP contribution in [0.1, 0.15) is 41.0 Å². The first-order valence-corrected chi connectivity index (χ1v) is 4.64. The maximum Gasteiger partial charge on any atom is 0.490 e. The zero-order valence-corrected chi connectivity index (χ0v) is 9.66. The van der Waals surface area contributed by atoms with Crippen LogP contribution in [0.3, 0.4) is 0 Å². The van der Waals surface area contributed by atoms with Gasteiger partial charge in [0.15, 0.2) is 0 Å². The summed E-state index contributed by atoms with van der Waals surface area (Å²) in [4.78, 5) is 10.6. The van der Waals surface area contributed by atoms with E-state index < -0.39 is 17.7 Å². The Bertz CT molecular complexity index is 236. The molecule has 0 aliphatic heterocycles. The predicted molar refractivity (Wildman–Crippen MR) is 50.3 cm³/mol. The lowest BCUT2D eigenvalue weighted by molar-refractivity contribution is -0.213. The van der Waals surface area contributed by atoms with Crippen molar-refractivity contribution in [2.45, 2.75) is 52.8 Å². The van der Waals surface area contributed by atoms with Crippen molar-refractivity contribution >= 4 is 5.97 Å². The van der Waals surface area contributed by atoms with Gasteiger partial charge in [-0.15, -0.1) is 0 Å². The Morgan fingerprint density at radius 1 is 1.07 bits per heavy atom. The van der Waals surface area contributed by atoms with E-state index in [1.807, 2.05) is 20.8 Å². The summed E-state index contributed by atoms with van der Waals surface area (Å²) in [6.45, 7) is 8.56. The number of alkyl halides is 3. The topological polar surface area (TPSA) is 26.3 Å². The normalized spacial score (nSPS) is 13.9. The van der Waals surface area contributed by atoms with Crippen LogP contribution in [0.4, 0.5) is 13.2 Å². The molecule has 5 heteroatoms. The van der Waals surface area contributed by atoms with E-state index in [2.05, 4.69) is 4.74 Å². The summed E-state index contributed by atoms with van der Waals surface area (Å²) in [7, 11) is 0. The highest BCUT2D eigenvalue weighted by atomic mass is 19.4. The third-order valence-electron chi connectivity index (χ3n) is 1.56. The summed E-state index contributed by atoms with van der Waals surface area (Å²) in [5.74, 6) is -2.13. The van der Waals surface area contributed by atoms with Crippen LogP contribution < -0.4 is 0 Å². The number of hydrogen-bond acceptors (Lipinski definition) is 2. The lowest BCUT2D eigenvalue weighted by Crippen LogP contribution is -2.38.